The zero-order valence-corrected chi connectivity index (χ0v) is 6.26. The lowest BCUT2D eigenvalue weighted by molar-refractivity contribution is -0.131. The summed E-state index contributed by atoms with van der Waals surface area (Å²) in [6.45, 7) is 3.01. The summed E-state index contributed by atoms with van der Waals surface area (Å²) in [4.78, 5) is 9.84. The van der Waals surface area contributed by atoms with Gasteiger partial charge in [-0.1, -0.05) is 0 Å². The predicted octanol–water partition coefficient (Wildman–Crippen LogP) is 1.21. The molecule has 1 N–H and O–H groups in total. The van der Waals surface area contributed by atoms with Gasteiger partial charge in [-0.05, 0) is 19.1 Å². The maximum Gasteiger partial charge on any atom is 0.328 e. The molecule has 0 rings (SSSR count). The molecule has 0 aliphatic heterocycles. The van der Waals surface area contributed by atoms with Gasteiger partial charge in [-0.3, -0.25) is 0 Å². The lowest BCUT2D eigenvalue weighted by atomic mass is 10.7. The molecule has 0 heterocycles. The van der Waals surface area contributed by atoms with Crippen LogP contribution in [0.3, 0.4) is 0 Å². The van der Waals surface area contributed by atoms with Crippen molar-refractivity contribution in [1.82, 2.24) is 0 Å². The number of carbonyl (C=O) groups is 1. The number of carboxylic acid groups (broad SMARTS) is 1. The maximum atomic E-state index is 10.8. The minimum absolute atomic E-state index is 0.904. The van der Waals surface area contributed by atoms with Crippen molar-refractivity contribution in [3.63, 3.8) is 0 Å². The van der Waals surface area contributed by atoms with Crippen LogP contribution in [0.1, 0.15) is 0 Å². The van der Waals surface area contributed by atoms with E-state index in [9.17, 15) is 9.36 Å². The van der Waals surface area contributed by atoms with Crippen LogP contribution in [0.25, 0.3) is 0 Å². The first-order chi connectivity index (χ1) is 3.92. The van der Waals surface area contributed by atoms with Gasteiger partial charge in [0.2, 0.25) is 0 Å². The Morgan fingerprint density at radius 1 is 1.56 bits per heavy atom. The van der Waals surface area contributed by atoms with E-state index >= 15 is 0 Å². The number of rotatable bonds is 2. The van der Waals surface area contributed by atoms with Gasteiger partial charge in [-0.15, -0.1) is 0 Å². The third-order valence-electron chi connectivity index (χ3n) is 0.576. The van der Waals surface area contributed by atoms with Crippen molar-refractivity contribution in [3.8, 4) is 0 Å². The second-order valence-electron chi connectivity index (χ2n) is 2.09. The summed E-state index contributed by atoms with van der Waals surface area (Å²) in [6.07, 6.45) is 0.904. The highest BCUT2D eigenvalue weighted by molar-refractivity contribution is 7.65. The van der Waals surface area contributed by atoms with Crippen LogP contribution in [0, 0.1) is 0 Å². The van der Waals surface area contributed by atoms with E-state index in [0.717, 1.165) is 6.08 Å². The largest absolute Gasteiger partial charge is 0.478 e. The van der Waals surface area contributed by atoms with Gasteiger partial charge in [0.25, 0.3) is 0 Å². The Balaban J connectivity index is 4.02. The summed E-state index contributed by atoms with van der Waals surface area (Å²) in [5, 5.41) is 8.07. The van der Waals surface area contributed by atoms with E-state index in [2.05, 4.69) is 0 Å². The molecule has 4 heteroatoms. The van der Waals surface area contributed by atoms with Crippen molar-refractivity contribution in [2.75, 3.05) is 13.3 Å². The number of carboxylic acids is 1. The second kappa shape index (κ2) is 2.83. The molecule has 52 valence electrons. The van der Waals surface area contributed by atoms with E-state index in [-0.39, 0.29) is 0 Å². The van der Waals surface area contributed by atoms with Gasteiger partial charge in [0.1, 0.15) is 7.14 Å². The standard InChI is InChI=1S/C5H9O3P/c1-9(2,8)4-3-5(6)7/h3-4H,1-2H3,(H,6,7)/b4-3+. The van der Waals surface area contributed by atoms with Crippen LogP contribution in [0.4, 0.5) is 0 Å². The highest BCUT2D eigenvalue weighted by Gasteiger charge is 1.99. The fraction of sp³-hybridized carbons (Fsp3) is 0.400. The normalized spacial score (nSPS) is 12.2. The molecule has 0 aromatic rings. The summed E-state index contributed by atoms with van der Waals surface area (Å²) < 4.78 is 10.8. The highest BCUT2D eigenvalue weighted by atomic mass is 31.2. The van der Waals surface area contributed by atoms with Crippen molar-refractivity contribution < 1.29 is 14.5 Å². The van der Waals surface area contributed by atoms with Crippen LogP contribution in [-0.2, 0) is 9.36 Å². The Morgan fingerprint density at radius 2 is 2.00 bits per heavy atom. The molecule has 0 amide bonds. The van der Waals surface area contributed by atoms with E-state index in [1.54, 1.807) is 0 Å². The average molecular weight is 148 g/mol. The van der Waals surface area contributed by atoms with Crippen molar-refractivity contribution in [2.45, 2.75) is 0 Å². The van der Waals surface area contributed by atoms with E-state index < -0.39 is 13.1 Å². The van der Waals surface area contributed by atoms with Crippen LogP contribution in [0.2, 0.25) is 0 Å². The van der Waals surface area contributed by atoms with Gasteiger partial charge in [-0.25, -0.2) is 4.79 Å². The minimum atomic E-state index is -2.28. The fourth-order valence-corrected chi connectivity index (χ4v) is 0.730. The molecule has 0 aromatic heterocycles. The van der Waals surface area contributed by atoms with Crippen LogP contribution >= 0.6 is 7.14 Å². The Morgan fingerprint density at radius 3 is 2.11 bits per heavy atom. The molecule has 0 aliphatic carbocycles. The molecule has 0 saturated carbocycles. The van der Waals surface area contributed by atoms with Crippen molar-refractivity contribution >= 4 is 13.1 Å². The van der Waals surface area contributed by atoms with Gasteiger partial charge in [-0.2, -0.15) is 0 Å². The molecular formula is C5H9O3P. The zero-order valence-electron chi connectivity index (χ0n) is 5.37. The first kappa shape index (κ1) is 8.44. The van der Waals surface area contributed by atoms with Gasteiger partial charge in [0, 0.05) is 6.08 Å². The number of hydrogen-bond donors (Lipinski definition) is 1. The van der Waals surface area contributed by atoms with E-state index in [0.29, 0.717) is 0 Å². The van der Waals surface area contributed by atoms with Crippen LogP contribution in [0.5, 0.6) is 0 Å². The Hall–Kier alpha value is -0.560. The topological polar surface area (TPSA) is 54.4 Å². The summed E-state index contributed by atoms with van der Waals surface area (Å²) in [5.41, 5.74) is 0. The Labute approximate surface area is 53.8 Å². The van der Waals surface area contributed by atoms with Gasteiger partial charge in [0.05, 0.1) is 0 Å². The molecule has 0 atom stereocenters. The van der Waals surface area contributed by atoms with Gasteiger partial charge >= 0.3 is 5.97 Å². The molecule has 0 bridgehead atoms. The summed E-state index contributed by atoms with van der Waals surface area (Å²) in [6, 6.07) is 0. The summed E-state index contributed by atoms with van der Waals surface area (Å²) in [5.74, 6) is 0.161. The quantitative estimate of drug-likeness (QED) is 0.473. The molecule has 3 nitrogen and oxygen atoms in total. The Bertz CT molecular complexity index is 177. The van der Waals surface area contributed by atoms with E-state index in [1.807, 2.05) is 0 Å². The molecule has 0 aromatic carbocycles. The zero-order chi connectivity index (χ0) is 7.49. The smallest absolute Gasteiger partial charge is 0.328 e. The molecule has 0 fully saturated rings. The molecule has 0 aliphatic rings. The van der Waals surface area contributed by atoms with Gasteiger partial charge in [0.15, 0.2) is 0 Å². The molecule has 0 saturated heterocycles. The van der Waals surface area contributed by atoms with Crippen LogP contribution in [0.15, 0.2) is 11.9 Å². The highest BCUT2D eigenvalue weighted by Crippen LogP contribution is 2.37. The summed E-state index contributed by atoms with van der Waals surface area (Å²) >= 11 is 0. The average Bonchev–Trinajstić information content (AvgIpc) is 1.59. The first-order valence-corrected chi connectivity index (χ1v) is 5.06. The third kappa shape index (κ3) is 7.44. The molecule has 0 radical (unpaired) electrons. The van der Waals surface area contributed by atoms with Crippen molar-refractivity contribution in [3.05, 3.63) is 11.9 Å². The second-order valence-corrected chi connectivity index (χ2v) is 5.25. The SMILES string of the molecule is CP(C)(=O)/C=C/C(=O)O. The van der Waals surface area contributed by atoms with Crippen molar-refractivity contribution in [1.29, 1.82) is 0 Å². The van der Waals surface area contributed by atoms with Crippen molar-refractivity contribution in [2.24, 2.45) is 0 Å². The molecular weight excluding hydrogens is 139 g/mol. The predicted molar refractivity (Wildman–Crippen MR) is 36.2 cm³/mol. The lowest BCUT2D eigenvalue weighted by Gasteiger charge is -1.93. The summed E-state index contributed by atoms with van der Waals surface area (Å²) in [7, 11) is -2.28. The lowest BCUT2D eigenvalue weighted by Crippen LogP contribution is -1.85. The minimum Gasteiger partial charge on any atom is -0.478 e. The molecule has 0 unspecified atom stereocenters. The van der Waals surface area contributed by atoms with E-state index in [1.165, 1.54) is 19.1 Å². The number of aliphatic carboxylic acids is 1. The molecule has 0 spiro atoms. The van der Waals surface area contributed by atoms with Gasteiger partial charge < -0.3 is 9.67 Å². The maximum absolute atomic E-state index is 10.8. The number of hydrogen-bond acceptors (Lipinski definition) is 2. The third-order valence-corrected chi connectivity index (χ3v) is 1.44. The Kier molecular flexibility index (Phi) is 2.65. The van der Waals surface area contributed by atoms with Crippen LogP contribution in [-0.4, -0.2) is 24.4 Å². The fourth-order valence-electron chi connectivity index (χ4n) is 0.243. The molecule has 9 heavy (non-hydrogen) atoms. The van der Waals surface area contributed by atoms with Crippen LogP contribution < -0.4 is 0 Å². The monoisotopic (exact) mass is 148 g/mol. The first-order valence-electron chi connectivity index (χ1n) is 2.38. The van der Waals surface area contributed by atoms with E-state index in [4.69, 9.17) is 5.11 Å².